The molecule has 0 aromatic rings. The minimum absolute atomic E-state index is 0.214. The Morgan fingerprint density at radius 2 is 1.21 bits per heavy atom. The van der Waals surface area contributed by atoms with Gasteiger partial charge in [-0.15, -0.1) is 0 Å². The van der Waals surface area contributed by atoms with Crippen molar-refractivity contribution in [1.82, 2.24) is 0 Å². The second kappa shape index (κ2) is 22.4. The van der Waals surface area contributed by atoms with Crippen molar-refractivity contribution in [2.75, 3.05) is 19.8 Å². The monoisotopic (exact) mass is 562 g/mol. The first-order valence-electron chi connectivity index (χ1n) is 15.1. The van der Waals surface area contributed by atoms with E-state index in [1.165, 1.54) is 32.1 Å². The van der Waals surface area contributed by atoms with E-state index in [0.29, 0.717) is 6.42 Å². The molecule has 10 heteroatoms. The second-order valence-electron chi connectivity index (χ2n) is 10.6. The van der Waals surface area contributed by atoms with Gasteiger partial charge in [-0.25, -0.2) is 0 Å². The fraction of sp³-hybridized carbons (Fsp3) is 0.931. The minimum Gasteiger partial charge on any atom is -0.462 e. The standard InChI is InChI=1S/C29H54O10/c1-3-5-7-9-10-11-12-14-16-18-25(32)38-22(20-36-24(31)17-15-13-8-6-4-2)21-37-29-28(35)27(34)26(33)23(19-30)39-29/h22-23,26-30,33-35H,3-21H2,1-2H3. The summed E-state index contributed by atoms with van der Waals surface area (Å²) in [5.41, 5.74) is 0. The largest absolute Gasteiger partial charge is 0.462 e. The van der Waals surface area contributed by atoms with Crippen LogP contribution in [0.4, 0.5) is 0 Å². The Morgan fingerprint density at radius 1 is 0.692 bits per heavy atom. The lowest BCUT2D eigenvalue weighted by atomic mass is 9.99. The molecule has 6 unspecified atom stereocenters. The zero-order valence-electron chi connectivity index (χ0n) is 24.1. The lowest BCUT2D eigenvalue weighted by molar-refractivity contribution is -0.305. The average Bonchev–Trinajstić information content (AvgIpc) is 2.93. The van der Waals surface area contributed by atoms with Gasteiger partial charge in [0.2, 0.25) is 0 Å². The van der Waals surface area contributed by atoms with Crippen molar-refractivity contribution in [2.45, 2.75) is 153 Å². The molecule has 0 aromatic carbocycles. The fourth-order valence-corrected chi connectivity index (χ4v) is 4.48. The van der Waals surface area contributed by atoms with Crippen LogP contribution in [0.25, 0.3) is 0 Å². The van der Waals surface area contributed by atoms with Crippen LogP contribution in [0, 0.1) is 0 Å². The van der Waals surface area contributed by atoms with E-state index in [4.69, 9.17) is 18.9 Å². The van der Waals surface area contributed by atoms with Crippen molar-refractivity contribution in [3.05, 3.63) is 0 Å². The molecule has 1 aliphatic rings. The van der Waals surface area contributed by atoms with Crippen LogP contribution >= 0.6 is 0 Å². The number of carbonyl (C=O) groups excluding carboxylic acids is 2. The minimum atomic E-state index is -1.58. The molecule has 4 N–H and O–H groups in total. The van der Waals surface area contributed by atoms with Crippen molar-refractivity contribution in [2.24, 2.45) is 0 Å². The molecule has 0 amide bonds. The molecule has 39 heavy (non-hydrogen) atoms. The number of hydrogen-bond acceptors (Lipinski definition) is 10. The van der Waals surface area contributed by atoms with Crippen LogP contribution in [-0.2, 0) is 28.5 Å². The van der Waals surface area contributed by atoms with Crippen LogP contribution in [0.1, 0.15) is 117 Å². The summed E-state index contributed by atoms with van der Waals surface area (Å²) in [5.74, 6) is -0.824. The summed E-state index contributed by atoms with van der Waals surface area (Å²) in [5, 5.41) is 39.5. The number of esters is 2. The smallest absolute Gasteiger partial charge is 0.306 e. The summed E-state index contributed by atoms with van der Waals surface area (Å²) in [6.45, 7) is 3.25. The van der Waals surface area contributed by atoms with Crippen molar-refractivity contribution >= 4 is 11.9 Å². The normalized spacial score (nSPS) is 23.9. The molecule has 10 nitrogen and oxygen atoms in total. The topological polar surface area (TPSA) is 152 Å². The van der Waals surface area contributed by atoms with Gasteiger partial charge in [-0.2, -0.15) is 0 Å². The van der Waals surface area contributed by atoms with Crippen LogP contribution in [-0.4, -0.2) is 89.0 Å². The molecule has 0 spiro atoms. The lowest BCUT2D eigenvalue weighted by Crippen LogP contribution is -2.59. The molecular weight excluding hydrogens is 508 g/mol. The molecule has 0 bridgehead atoms. The molecule has 1 fully saturated rings. The number of carbonyl (C=O) groups is 2. The van der Waals surface area contributed by atoms with E-state index in [1.54, 1.807) is 0 Å². The maximum Gasteiger partial charge on any atom is 0.306 e. The Hall–Kier alpha value is -1.30. The zero-order valence-corrected chi connectivity index (χ0v) is 24.1. The summed E-state index contributed by atoms with van der Waals surface area (Å²) >= 11 is 0. The van der Waals surface area contributed by atoms with Gasteiger partial charge in [0, 0.05) is 12.8 Å². The highest BCUT2D eigenvalue weighted by molar-refractivity contribution is 5.70. The van der Waals surface area contributed by atoms with Crippen LogP contribution in [0.15, 0.2) is 0 Å². The molecule has 0 aliphatic carbocycles. The first-order valence-corrected chi connectivity index (χ1v) is 15.1. The van der Waals surface area contributed by atoms with Gasteiger partial charge >= 0.3 is 11.9 Å². The van der Waals surface area contributed by atoms with Gasteiger partial charge < -0.3 is 39.4 Å². The number of aliphatic hydroxyl groups is 4. The van der Waals surface area contributed by atoms with E-state index in [2.05, 4.69) is 13.8 Å². The summed E-state index contributed by atoms with van der Waals surface area (Å²) in [4.78, 5) is 24.7. The quantitative estimate of drug-likeness (QED) is 0.107. The molecule has 1 rings (SSSR count). The molecule has 6 atom stereocenters. The third kappa shape index (κ3) is 15.9. The molecule has 1 aliphatic heterocycles. The Labute approximate surface area is 234 Å². The molecule has 0 saturated carbocycles. The predicted octanol–water partition coefficient (Wildman–Crippen LogP) is 3.54. The third-order valence-corrected chi connectivity index (χ3v) is 6.99. The molecule has 1 saturated heterocycles. The lowest BCUT2D eigenvalue weighted by Gasteiger charge is -2.39. The summed E-state index contributed by atoms with van der Waals surface area (Å²) in [6.07, 6.45) is 7.51. The number of unbranched alkanes of at least 4 members (excludes halogenated alkanes) is 12. The van der Waals surface area contributed by atoms with Crippen LogP contribution in [0.2, 0.25) is 0 Å². The summed E-state index contributed by atoms with van der Waals surface area (Å²) < 4.78 is 21.7. The summed E-state index contributed by atoms with van der Waals surface area (Å²) in [7, 11) is 0. The van der Waals surface area contributed by atoms with E-state index in [9.17, 15) is 30.0 Å². The van der Waals surface area contributed by atoms with Gasteiger partial charge in [-0.1, -0.05) is 90.9 Å². The Morgan fingerprint density at radius 3 is 1.74 bits per heavy atom. The number of rotatable bonds is 23. The summed E-state index contributed by atoms with van der Waals surface area (Å²) in [6, 6.07) is 0. The first kappa shape index (κ1) is 35.7. The van der Waals surface area contributed by atoms with E-state index in [-0.39, 0.29) is 32.0 Å². The maximum absolute atomic E-state index is 12.5. The van der Waals surface area contributed by atoms with Crippen molar-refractivity contribution in [1.29, 1.82) is 0 Å². The average molecular weight is 563 g/mol. The Balaban J connectivity index is 2.51. The highest BCUT2D eigenvalue weighted by Crippen LogP contribution is 2.22. The van der Waals surface area contributed by atoms with Crippen molar-refractivity contribution in [3.8, 4) is 0 Å². The molecule has 1 heterocycles. The molecule has 230 valence electrons. The van der Waals surface area contributed by atoms with Gasteiger partial charge in [0.15, 0.2) is 12.4 Å². The Kier molecular flexibility index (Phi) is 20.5. The van der Waals surface area contributed by atoms with Gasteiger partial charge in [0.1, 0.15) is 31.0 Å². The second-order valence-corrected chi connectivity index (χ2v) is 10.6. The van der Waals surface area contributed by atoms with Crippen molar-refractivity contribution in [3.63, 3.8) is 0 Å². The Bertz CT molecular complexity index is 629. The van der Waals surface area contributed by atoms with Crippen LogP contribution < -0.4 is 0 Å². The van der Waals surface area contributed by atoms with Crippen molar-refractivity contribution < 1.29 is 49.0 Å². The molecular formula is C29H54O10. The van der Waals surface area contributed by atoms with Crippen LogP contribution in [0.3, 0.4) is 0 Å². The molecule has 0 aromatic heterocycles. The van der Waals surface area contributed by atoms with E-state index >= 15 is 0 Å². The fourth-order valence-electron chi connectivity index (χ4n) is 4.48. The maximum atomic E-state index is 12.5. The zero-order chi connectivity index (χ0) is 28.9. The highest BCUT2D eigenvalue weighted by Gasteiger charge is 2.44. The van der Waals surface area contributed by atoms with Gasteiger partial charge in [0.05, 0.1) is 13.2 Å². The highest BCUT2D eigenvalue weighted by atomic mass is 16.7. The first-order chi connectivity index (χ1) is 18.8. The third-order valence-electron chi connectivity index (χ3n) is 6.99. The van der Waals surface area contributed by atoms with Gasteiger partial charge in [-0.3, -0.25) is 9.59 Å². The van der Waals surface area contributed by atoms with Crippen LogP contribution in [0.5, 0.6) is 0 Å². The molecule has 0 radical (unpaired) electrons. The van der Waals surface area contributed by atoms with E-state index < -0.39 is 49.4 Å². The van der Waals surface area contributed by atoms with Gasteiger partial charge in [-0.05, 0) is 12.8 Å². The van der Waals surface area contributed by atoms with E-state index in [0.717, 1.165) is 51.4 Å². The number of aliphatic hydroxyl groups excluding tert-OH is 4. The number of hydrogen-bond donors (Lipinski definition) is 4. The van der Waals surface area contributed by atoms with E-state index in [1.807, 2.05) is 0 Å². The SMILES string of the molecule is CCCCCCCCCCCC(=O)OC(COC(=O)CCCCCCC)COC1OC(CO)C(O)C(O)C1O. The predicted molar refractivity (Wildman–Crippen MR) is 146 cm³/mol. The van der Waals surface area contributed by atoms with Gasteiger partial charge in [0.25, 0.3) is 0 Å². The number of ether oxygens (including phenoxy) is 4.